The molecule has 0 spiro atoms. The summed E-state index contributed by atoms with van der Waals surface area (Å²) in [4.78, 5) is 20.0. The second kappa shape index (κ2) is 5.41. The van der Waals surface area contributed by atoms with Gasteiger partial charge >= 0.3 is 0 Å². The minimum atomic E-state index is -4.27. The van der Waals surface area contributed by atoms with Gasteiger partial charge in [0.25, 0.3) is 20.6 Å². The summed E-state index contributed by atoms with van der Waals surface area (Å²) in [5.41, 5.74) is 4.49. The lowest BCUT2D eigenvalue weighted by atomic mass is 10.3. The molecule has 0 heterocycles. The summed E-state index contributed by atoms with van der Waals surface area (Å²) in [5.74, 6) is -1.11. The number of nitro benzene ring substituents is 1. The maximum absolute atomic E-state index is 11.3. The molecule has 10 heteroatoms. The summed E-state index contributed by atoms with van der Waals surface area (Å²) in [6.45, 7) is 1.30. The molecule has 19 heavy (non-hydrogen) atoms. The summed E-state index contributed by atoms with van der Waals surface area (Å²) in [7, 11) is 0.887. The number of halogens is 1. The summed E-state index contributed by atoms with van der Waals surface area (Å²) in [6.07, 6.45) is -1.11. The maximum Gasteiger partial charge on any atom is 0.271 e. The van der Waals surface area contributed by atoms with E-state index in [1.165, 1.54) is 6.92 Å². The van der Waals surface area contributed by atoms with Gasteiger partial charge in [0.1, 0.15) is 10.6 Å². The first kappa shape index (κ1) is 15.2. The first-order chi connectivity index (χ1) is 8.62. The lowest BCUT2D eigenvalue weighted by Crippen LogP contribution is -2.31. The molecule has 1 amide bonds. The predicted octanol–water partition coefficient (Wildman–Crippen LogP) is 0.775. The van der Waals surface area contributed by atoms with Crippen LogP contribution in [0.15, 0.2) is 23.1 Å². The van der Waals surface area contributed by atoms with E-state index in [2.05, 4.69) is 0 Å². The van der Waals surface area contributed by atoms with Crippen molar-refractivity contribution in [3.63, 3.8) is 0 Å². The predicted molar refractivity (Wildman–Crippen MR) is 65.4 cm³/mol. The number of rotatable bonds is 5. The van der Waals surface area contributed by atoms with Crippen LogP contribution >= 0.6 is 10.7 Å². The van der Waals surface area contributed by atoms with E-state index in [0.29, 0.717) is 0 Å². The Bertz CT molecular complexity index is 630. The van der Waals surface area contributed by atoms with E-state index < -0.39 is 36.6 Å². The van der Waals surface area contributed by atoms with Crippen LogP contribution in [0.2, 0.25) is 0 Å². The van der Waals surface area contributed by atoms with Gasteiger partial charge in [0.05, 0.1) is 4.92 Å². The molecule has 1 aromatic carbocycles. The second-order valence-electron chi connectivity index (χ2n) is 3.49. The van der Waals surface area contributed by atoms with Crippen LogP contribution in [0.4, 0.5) is 5.69 Å². The van der Waals surface area contributed by atoms with Gasteiger partial charge in [-0.2, -0.15) is 0 Å². The molecule has 0 bridgehead atoms. The number of benzene rings is 1. The molecule has 2 N–H and O–H groups in total. The molecule has 0 aromatic heterocycles. The van der Waals surface area contributed by atoms with Crippen molar-refractivity contribution in [2.24, 2.45) is 5.73 Å². The highest BCUT2D eigenvalue weighted by atomic mass is 35.7. The third-order valence-electron chi connectivity index (χ3n) is 2.11. The summed E-state index contributed by atoms with van der Waals surface area (Å²) in [6, 6.07) is 2.80. The first-order valence-electron chi connectivity index (χ1n) is 4.82. The third-order valence-corrected chi connectivity index (χ3v) is 3.45. The highest BCUT2D eigenvalue weighted by molar-refractivity contribution is 8.13. The molecule has 1 unspecified atom stereocenters. The number of carbonyl (C=O) groups excluding carboxylic acids is 1. The Balaban J connectivity index is 3.32. The molecular weight excluding hydrogens is 300 g/mol. The molecule has 1 rings (SSSR count). The Kier molecular flexibility index (Phi) is 4.32. The number of nitrogens with zero attached hydrogens (tertiary/aromatic N) is 1. The van der Waals surface area contributed by atoms with Crippen LogP contribution in [0.5, 0.6) is 5.75 Å². The van der Waals surface area contributed by atoms with Crippen molar-refractivity contribution >= 4 is 31.3 Å². The van der Waals surface area contributed by atoms with Crippen LogP contribution in [-0.2, 0) is 13.8 Å². The van der Waals surface area contributed by atoms with Crippen LogP contribution in [0, 0.1) is 10.1 Å². The van der Waals surface area contributed by atoms with Crippen LogP contribution in [0.25, 0.3) is 0 Å². The lowest BCUT2D eigenvalue weighted by Gasteiger charge is -2.13. The van der Waals surface area contributed by atoms with Gasteiger partial charge in [-0.1, -0.05) is 0 Å². The molecular formula is C9H9ClN2O6S. The van der Waals surface area contributed by atoms with Gasteiger partial charge in [-0.3, -0.25) is 14.9 Å². The van der Waals surface area contributed by atoms with Gasteiger partial charge in [-0.25, -0.2) is 8.42 Å². The van der Waals surface area contributed by atoms with Crippen LogP contribution in [0.1, 0.15) is 6.92 Å². The van der Waals surface area contributed by atoms with Crippen molar-refractivity contribution in [3.8, 4) is 5.75 Å². The zero-order valence-electron chi connectivity index (χ0n) is 9.57. The summed E-state index contributed by atoms with van der Waals surface area (Å²) in [5, 5.41) is 10.6. The Morgan fingerprint density at radius 1 is 1.53 bits per heavy atom. The third kappa shape index (κ3) is 3.80. The monoisotopic (exact) mass is 308 g/mol. The van der Waals surface area contributed by atoms with Crippen LogP contribution in [0.3, 0.4) is 0 Å². The molecule has 0 saturated carbocycles. The first-order valence-corrected chi connectivity index (χ1v) is 7.13. The van der Waals surface area contributed by atoms with Gasteiger partial charge in [-0.15, -0.1) is 0 Å². The van der Waals surface area contributed by atoms with E-state index >= 15 is 0 Å². The highest BCUT2D eigenvalue weighted by Crippen LogP contribution is 2.31. The van der Waals surface area contributed by atoms with Crippen LogP contribution in [-0.4, -0.2) is 25.4 Å². The Hall–Kier alpha value is -1.87. The van der Waals surface area contributed by atoms with E-state index in [0.717, 1.165) is 18.2 Å². The normalized spacial score (nSPS) is 12.7. The van der Waals surface area contributed by atoms with Gasteiger partial charge in [0.2, 0.25) is 0 Å². The van der Waals surface area contributed by atoms with Crippen molar-refractivity contribution in [2.75, 3.05) is 0 Å². The van der Waals surface area contributed by atoms with Crippen molar-refractivity contribution in [2.45, 2.75) is 17.9 Å². The fourth-order valence-electron chi connectivity index (χ4n) is 1.15. The molecule has 1 atom stereocenters. The average molecular weight is 309 g/mol. The SMILES string of the molecule is CC(Oc1ccc([N+](=O)[O-])cc1S(=O)(=O)Cl)C(N)=O. The molecule has 0 fully saturated rings. The number of ether oxygens (including phenoxy) is 1. The van der Waals surface area contributed by atoms with E-state index in [1.54, 1.807) is 0 Å². The van der Waals surface area contributed by atoms with Gasteiger partial charge in [0.15, 0.2) is 6.10 Å². The standard InChI is InChI=1S/C9H9ClN2O6S/c1-5(9(11)13)18-7-3-2-6(12(14)15)4-8(7)19(10,16)17/h2-5H,1H3,(H2,11,13). The Morgan fingerprint density at radius 3 is 2.53 bits per heavy atom. The van der Waals surface area contributed by atoms with E-state index in [9.17, 15) is 23.3 Å². The number of hydrogen-bond acceptors (Lipinski definition) is 6. The zero-order chi connectivity index (χ0) is 14.8. The summed E-state index contributed by atoms with van der Waals surface area (Å²) >= 11 is 0. The van der Waals surface area contributed by atoms with Gasteiger partial charge in [-0.05, 0) is 13.0 Å². The van der Waals surface area contributed by atoms with Gasteiger partial charge < -0.3 is 10.5 Å². The van der Waals surface area contributed by atoms with E-state index in [4.69, 9.17) is 21.2 Å². The van der Waals surface area contributed by atoms with Gasteiger partial charge in [0, 0.05) is 22.8 Å². The van der Waals surface area contributed by atoms with Crippen molar-refractivity contribution in [1.82, 2.24) is 0 Å². The molecule has 0 aliphatic carbocycles. The fourth-order valence-corrected chi connectivity index (χ4v) is 2.13. The number of nitro groups is 1. The van der Waals surface area contributed by atoms with Crippen LogP contribution < -0.4 is 10.5 Å². The smallest absolute Gasteiger partial charge is 0.271 e. The number of carbonyl (C=O) groups is 1. The van der Waals surface area contributed by atoms with E-state index in [1.807, 2.05) is 0 Å². The lowest BCUT2D eigenvalue weighted by molar-refractivity contribution is -0.385. The van der Waals surface area contributed by atoms with E-state index in [-0.39, 0.29) is 5.75 Å². The topological polar surface area (TPSA) is 130 Å². The molecule has 0 aliphatic rings. The molecule has 1 aromatic rings. The number of hydrogen-bond donors (Lipinski definition) is 1. The molecule has 0 aliphatic heterocycles. The maximum atomic E-state index is 11.3. The zero-order valence-corrected chi connectivity index (χ0v) is 11.1. The van der Waals surface area contributed by atoms with Crippen molar-refractivity contribution < 1.29 is 22.9 Å². The Labute approximate surface area is 112 Å². The fraction of sp³-hybridized carbons (Fsp3) is 0.222. The quantitative estimate of drug-likeness (QED) is 0.486. The molecule has 0 radical (unpaired) electrons. The number of amides is 1. The minimum absolute atomic E-state index is 0.285. The second-order valence-corrected chi connectivity index (χ2v) is 6.02. The highest BCUT2D eigenvalue weighted by Gasteiger charge is 2.23. The van der Waals surface area contributed by atoms with Crippen molar-refractivity contribution in [1.29, 1.82) is 0 Å². The minimum Gasteiger partial charge on any atom is -0.479 e. The number of non-ortho nitro benzene ring substituents is 1. The van der Waals surface area contributed by atoms with Crippen molar-refractivity contribution in [3.05, 3.63) is 28.3 Å². The Morgan fingerprint density at radius 2 is 2.11 bits per heavy atom. The number of primary amides is 1. The molecule has 8 nitrogen and oxygen atoms in total. The molecule has 0 saturated heterocycles. The summed E-state index contributed by atoms with van der Waals surface area (Å²) < 4.78 is 27.7. The largest absolute Gasteiger partial charge is 0.479 e. The average Bonchev–Trinajstić information content (AvgIpc) is 2.27. The number of nitrogens with two attached hydrogens (primary N) is 1. The molecule has 104 valence electrons.